The van der Waals surface area contributed by atoms with Crippen molar-refractivity contribution >= 4 is 12.0 Å². The molecule has 0 saturated carbocycles. The third kappa shape index (κ3) is 4.01. The van der Waals surface area contributed by atoms with Gasteiger partial charge in [-0.2, -0.15) is 0 Å². The molecule has 134 valence electrons. The monoisotopic (exact) mass is 349 g/mol. The highest BCUT2D eigenvalue weighted by Gasteiger charge is 2.60. The molecule has 0 aromatic heterocycles. The van der Waals surface area contributed by atoms with Crippen LogP contribution in [0.1, 0.15) is 34.1 Å². The quantitative estimate of drug-likeness (QED) is 0.569. The highest BCUT2D eigenvalue weighted by Crippen LogP contribution is 2.44. The van der Waals surface area contributed by atoms with Crippen LogP contribution in [0.3, 0.4) is 0 Å². The first-order valence-corrected chi connectivity index (χ1v) is 9.04. The van der Waals surface area contributed by atoms with Crippen LogP contribution in [0, 0.1) is 0 Å². The lowest BCUT2D eigenvalue weighted by Gasteiger charge is -2.36. The first-order chi connectivity index (χ1) is 10.8. The summed E-state index contributed by atoms with van der Waals surface area (Å²) in [5.74, 6) is -0.505. The maximum absolute atomic E-state index is 6.05. The van der Waals surface area contributed by atoms with E-state index in [2.05, 4.69) is 0 Å². The molecule has 3 saturated heterocycles. The van der Waals surface area contributed by atoms with Crippen LogP contribution in [-0.2, 0) is 27.9 Å². The van der Waals surface area contributed by atoms with E-state index in [1.807, 2.05) is 27.7 Å². The summed E-state index contributed by atoms with van der Waals surface area (Å²) in [5, 5.41) is 0. The highest BCUT2D eigenvalue weighted by molar-refractivity contribution is 7.94. The third-order valence-corrected chi connectivity index (χ3v) is 4.76. The zero-order valence-corrected chi connectivity index (χ0v) is 15.0. The standard InChI is InChI=1S/C15H27NO6S/c1-14(2)19-10-9(8-17-23-7-5-6-16)18-13-12(11(10)20-14)21-15(3,4)22-13/h9-13H,5-8,16H2,1-4H3. The van der Waals surface area contributed by atoms with E-state index < -0.39 is 17.9 Å². The van der Waals surface area contributed by atoms with Crippen molar-refractivity contribution < 1.29 is 27.9 Å². The predicted octanol–water partition coefficient (Wildman–Crippen LogP) is 1.40. The van der Waals surface area contributed by atoms with Crippen molar-refractivity contribution in [3.63, 3.8) is 0 Å². The number of hydrogen-bond donors (Lipinski definition) is 1. The molecule has 3 aliphatic rings. The lowest BCUT2D eigenvalue weighted by Crippen LogP contribution is -2.56. The average molecular weight is 349 g/mol. The molecule has 5 unspecified atom stereocenters. The van der Waals surface area contributed by atoms with Crippen molar-refractivity contribution in [1.82, 2.24) is 0 Å². The molecule has 0 aliphatic carbocycles. The summed E-state index contributed by atoms with van der Waals surface area (Å²) in [6.07, 6.45) is -0.563. The molecule has 5 atom stereocenters. The van der Waals surface area contributed by atoms with Gasteiger partial charge in [0, 0.05) is 5.75 Å². The molecule has 0 radical (unpaired) electrons. The smallest absolute Gasteiger partial charge is 0.190 e. The van der Waals surface area contributed by atoms with E-state index in [-0.39, 0.29) is 24.4 Å². The van der Waals surface area contributed by atoms with Crippen LogP contribution in [0.15, 0.2) is 0 Å². The van der Waals surface area contributed by atoms with E-state index in [1.54, 1.807) is 0 Å². The molecule has 0 bridgehead atoms. The molecule has 7 nitrogen and oxygen atoms in total. The summed E-state index contributed by atoms with van der Waals surface area (Å²) in [4.78, 5) is 0. The van der Waals surface area contributed by atoms with Gasteiger partial charge in [0.1, 0.15) is 24.4 Å². The molecule has 23 heavy (non-hydrogen) atoms. The van der Waals surface area contributed by atoms with Crippen molar-refractivity contribution in [2.75, 3.05) is 18.9 Å². The normalized spacial score (nSPS) is 40.8. The van der Waals surface area contributed by atoms with Gasteiger partial charge in [0.25, 0.3) is 0 Å². The number of fused-ring (bicyclic) bond motifs is 3. The highest BCUT2D eigenvalue weighted by atomic mass is 32.2. The molecule has 0 amide bonds. The minimum Gasteiger partial charge on any atom is -0.342 e. The number of rotatable bonds is 6. The van der Waals surface area contributed by atoms with Crippen LogP contribution in [0.4, 0.5) is 0 Å². The van der Waals surface area contributed by atoms with Crippen molar-refractivity contribution in [3.05, 3.63) is 0 Å². The van der Waals surface area contributed by atoms with Crippen molar-refractivity contribution in [2.45, 2.75) is 76.4 Å². The molecule has 0 aromatic rings. The fourth-order valence-electron chi connectivity index (χ4n) is 3.14. The van der Waals surface area contributed by atoms with Crippen molar-refractivity contribution in [2.24, 2.45) is 5.73 Å². The SMILES string of the molecule is CC1(C)OC2OC(COSCCCN)C3OC(C)(C)OC3C2O1. The first kappa shape index (κ1) is 17.9. The molecular formula is C15H27NO6S. The van der Waals surface area contributed by atoms with Gasteiger partial charge < -0.3 is 33.6 Å². The number of nitrogens with two attached hydrogens (primary N) is 1. The second-order valence-corrected chi connectivity index (χ2v) is 7.84. The minimum atomic E-state index is -0.693. The molecule has 2 N–H and O–H groups in total. The zero-order chi connectivity index (χ0) is 16.7. The Hall–Kier alpha value is 0.0700. The first-order valence-electron chi connectivity index (χ1n) is 8.12. The van der Waals surface area contributed by atoms with Crippen LogP contribution in [0.25, 0.3) is 0 Å². The maximum atomic E-state index is 6.05. The zero-order valence-electron chi connectivity index (χ0n) is 14.2. The molecule has 3 fully saturated rings. The Labute approximate surface area is 141 Å². The summed E-state index contributed by atoms with van der Waals surface area (Å²) >= 11 is 1.40. The molecule has 8 heteroatoms. The molecule has 3 aliphatic heterocycles. The fraction of sp³-hybridized carbons (Fsp3) is 1.00. The minimum absolute atomic E-state index is 0.229. The van der Waals surface area contributed by atoms with Crippen LogP contribution < -0.4 is 5.73 Å². The van der Waals surface area contributed by atoms with Gasteiger partial charge >= 0.3 is 0 Å². The Kier molecular flexibility index (Phi) is 5.26. The van der Waals surface area contributed by atoms with Gasteiger partial charge in [0.15, 0.2) is 17.9 Å². The van der Waals surface area contributed by atoms with Crippen LogP contribution in [0.5, 0.6) is 0 Å². The second-order valence-electron chi connectivity index (χ2n) is 6.96. The van der Waals surface area contributed by atoms with E-state index in [4.69, 9.17) is 33.6 Å². The largest absolute Gasteiger partial charge is 0.342 e. The number of hydrogen-bond acceptors (Lipinski definition) is 8. The second kappa shape index (κ2) is 6.76. The predicted molar refractivity (Wildman–Crippen MR) is 84.6 cm³/mol. The summed E-state index contributed by atoms with van der Waals surface area (Å²) < 4.78 is 35.6. The van der Waals surface area contributed by atoms with Crippen LogP contribution >= 0.6 is 12.0 Å². The van der Waals surface area contributed by atoms with Gasteiger partial charge in [0.2, 0.25) is 0 Å². The van der Waals surface area contributed by atoms with Gasteiger partial charge in [-0.1, -0.05) is 0 Å². The summed E-state index contributed by atoms with van der Waals surface area (Å²) in [5.41, 5.74) is 5.48. The van der Waals surface area contributed by atoms with Gasteiger partial charge in [-0.15, -0.1) is 0 Å². The lowest BCUT2D eigenvalue weighted by molar-refractivity contribution is -0.238. The summed E-state index contributed by atoms with van der Waals surface area (Å²) in [7, 11) is 0. The van der Waals surface area contributed by atoms with Crippen molar-refractivity contribution in [3.8, 4) is 0 Å². The van der Waals surface area contributed by atoms with Gasteiger partial charge in [-0.25, -0.2) is 0 Å². The Morgan fingerprint density at radius 2 is 1.61 bits per heavy atom. The van der Waals surface area contributed by atoms with Gasteiger partial charge in [-0.05, 0) is 52.7 Å². The van der Waals surface area contributed by atoms with Gasteiger partial charge in [-0.3, -0.25) is 0 Å². The Balaban J connectivity index is 1.64. The fourth-order valence-corrected chi connectivity index (χ4v) is 3.78. The topological polar surface area (TPSA) is 81.4 Å². The molecule has 3 heterocycles. The Morgan fingerprint density at radius 3 is 2.35 bits per heavy atom. The molecule has 0 spiro atoms. The maximum Gasteiger partial charge on any atom is 0.190 e. The average Bonchev–Trinajstić information content (AvgIpc) is 2.93. The molecule has 3 rings (SSSR count). The molecule has 0 aromatic carbocycles. The van der Waals surface area contributed by atoms with E-state index >= 15 is 0 Å². The van der Waals surface area contributed by atoms with Crippen LogP contribution in [0.2, 0.25) is 0 Å². The van der Waals surface area contributed by atoms with Crippen LogP contribution in [-0.4, -0.2) is 61.2 Å². The number of ether oxygens (including phenoxy) is 5. The summed E-state index contributed by atoms with van der Waals surface area (Å²) in [6, 6.07) is 0. The van der Waals surface area contributed by atoms with E-state index in [1.165, 1.54) is 12.0 Å². The lowest BCUT2D eigenvalue weighted by atomic mass is 9.99. The Morgan fingerprint density at radius 1 is 0.957 bits per heavy atom. The van der Waals surface area contributed by atoms with E-state index in [0.29, 0.717) is 13.2 Å². The summed E-state index contributed by atoms with van der Waals surface area (Å²) in [6.45, 7) is 8.61. The van der Waals surface area contributed by atoms with Gasteiger partial charge in [0.05, 0.1) is 6.61 Å². The Bertz CT molecular complexity index is 421. The molecular weight excluding hydrogens is 322 g/mol. The van der Waals surface area contributed by atoms with E-state index in [0.717, 1.165) is 12.2 Å². The van der Waals surface area contributed by atoms with Crippen molar-refractivity contribution in [1.29, 1.82) is 0 Å². The van der Waals surface area contributed by atoms with E-state index in [9.17, 15) is 0 Å². The third-order valence-electron chi connectivity index (χ3n) is 4.00.